The lowest BCUT2D eigenvalue weighted by Crippen LogP contribution is -2.11. The van der Waals surface area contributed by atoms with Crippen molar-refractivity contribution < 1.29 is 19.0 Å². The molecule has 0 rings (SSSR count). The third-order valence-electron chi connectivity index (χ3n) is 2.92. The number of unbranched alkanes of at least 4 members (excludes halogenated alkanes) is 3. The number of hydrogen-bond acceptors (Lipinski definition) is 3. The van der Waals surface area contributed by atoms with Gasteiger partial charge in [0.25, 0.3) is 0 Å². The number of rotatable bonds is 12. The third-order valence-corrected chi connectivity index (χ3v) is 6.03. The molecule has 1 atom stereocenters. The summed E-state index contributed by atoms with van der Waals surface area (Å²) in [7, 11) is -2.92. The minimum Gasteiger partial charge on any atom is -0.478 e. The van der Waals surface area contributed by atoms with Crippen LogP contribution in [0.4, 0.5) is 0 Å². The molecule has 0 aromatic heterocycles. The van der Waals surface area contributed by atoms with Gasteiger partial charge >= 0.3 is 5.97 Å². The summed E-state index contributed by atoms with van der Waals surface area (Å²) in [6.45, 7) is 6.04. The van der Waals surface area contributed by atoms with E-state index in [-0.39, 0.29) is 17.7 Å². The van der Waals surface area contributed by atoms with Gasteiger partial charge in [-0.3, -0.25) is 4.57 Å². The molecule has 0 aromatic carbocycles. The van der Waals surface area contributed by atoms with Crippen LogP contribution >= 0.6 is 19.0 Å². The summed E-state index contributed by atoms with van der Waals surface area (Å²) < 4.78 is 18.1. The second-order valence-electron chi connectivity index (χ2n) is 5.54. The molecular weight excluding hydrogens is 311 g/mol. The maximum atomic E-state index is 12.7. The Morgan fingerprint density at radius 3 is 2.48 bits per heavy atom. The summed E-state index contributed by atoms with van der Waals surface area (Å²) in [4.78, 5) is 11.3. The molecule has 21 heavy (non-hydrogen) atoms. The fraction of sp³-hybridized carbons (Fsp3) is 0.800. The molecule has 0 saturated heterocycles. The van der Waals surface area contributed by atoms with Crippen molar-refractivity contribution in [2.75, 3.05) is 24.8 Å². The zero-order valence-electron chi connectivity index (χ0n) is 13.3. The first-order chi connectivity index (χ1) is 9.84. The molecule has 0 radical (unpaired) electrons. The van der Waals surface area contributed by atoms with E-state index in [0.717, 1.165) is 19.3 Å². The Morgan fingerprint density at radius 2 is 2.00 bits per heavy atom. The van der Waals surface area contributed by atoms with Crippen LogP contribution in [0.5, 0.6) is 0 Å². The molecule has 1 unspecified atom stereocenters. The van der Waals surface area contributed by atoms with E-state index in [0.29, 0.717) is 25.1 Å². The summed E-state index contributed by atoms with van der Waals surface area (Å²) in [6.07, 6.45) is 5.59. The molecule has 0 spiro atoms. The van der Waals surface area contributed by atoms with Gasteiger partial charge in [-0.05, 0) is 32.1 Å². The molecule has 0 heterocycles. The Bertz CT molecular complexity index is 380. The number of allylic oxidation sites excluding steroid dienone is 1. The van der Waals surface area contributed by atoms with E-state index < -0.39 is 13.3 Å². The highest BCUT2D eigenvalue weighted by atomic mass is 35.5. The van der Waals surface area contributed by atoms with Gasteiger partial charge in [0.15, 0.2) is 0 Å². The molecule has 0 aliphatic heterocycles. The summed E-state index contributed by atoms with van der Waals surface area (Å²) in [5, 5.41) is 9.28. The summed E-state index contributed by atoms with van der Waals surface area (Å²) in [5.74, 6) is -0.166. The van der Waals surface area contributed by atoms with E-state index >= 15 is 0 Å². The topological polar surface area (TPSA) is 63.6 Å². The maximum Gasteiger partial charge on any atom is 0.331 e. The first-order valence-corrected chi connectivity index (χ1v) is 10.1. The highest BCUT2D eigenvalue weighted by Crippen LogP contribution is 2.50. The van der Waals surface area contributed by atoms with Crippen LogP contribution < -0.4 is 0 Å². The van der Waals surface area contributed by atoms with Crippen molar-refractivity contribution in [2.45, 2.75) is 46.5 Å². The van der Waals surface area contributed by atoms with Crippen molar-refractivity contribution in [3.05, 3.63) is 11.6 Å². The zero-order valence-corrected chi connectivity index (χ0v) is 15.0. The predicted molar refractivity (Wildman–Crippen MR) is 88.7 cm³/mol. The maximum absolute atomic E-state index is 12.7. The van der Waals surface area contributed by atoms with Crippen molar-refractivity contribution in [1.82, 2.24) is 0 Å². The van der Waals surface area contributed by atoms with Crippen LogP contribution in [-0.4, -0.2) is 35.9 Å². The van der Waals surface area contributed by atoms with Crippen molar-refractivity contribution in [1.29, 1.82) is 0 Å². The minimum absolute atomic E-state index is 0.0177. The van der Waals surface area contributed by atoms with Crippen LogP contribution in [0.15, 0.2) is 11.6 Å². The van der Waals surface area contributed by atoms with Crippen molar-refractivity contribution in [3.63, 3.8) is 0 Å². The second-order valence-corrected chi connectivity index (χ2v) is 8.49. The Labute approximate surface area is 133 Å². The second kappa shape index (κ2) is 11.3. The highest BCUT2D eigenvalue weighted by molar-refractivity contribution is 7.59. The molecule has 1 N–H and O–H groups in total. The largest absolute Gasteiger partial charge is 0.478 e. The van der Waals surface area contributed by atoms with Crippen LogP contribution in [0, 0.1) is 5.92 Å². The van der Waals surface area contributed by atoms with Gasteiger partial charge in [0.2, 0.25) is 7.37 Å². The van der Waals surface area contributed by atoms with E-state index in [1.54, 1.807) is 13.0 Å². The number of hydrogen-bond donors (Lipinski definition) is 1. The van der Waals surface area contributed by atoms with Gasteiger partial charge in [-0.1, -0.05) is 26.3 Å². The predicted octanol–water partition coefficient (Wildman–Crippen LogP) is 4.77. The molecule has 0 fully saturated rings. The van der Waals surface area contributed by atoms with Gasteiger partial charge in [0, 0.05) is 17.6 Å². The van der Waals surface area contributed by atoms with Gasteiger partial charge in [-0.25, -0.2) is 4.79 Å². The zero-order chi connectivity index (χ0) is 16.3. The van der Waals surface area contributed by atoms with Gasteiger partial charge in [0.05, 0.1) is 12.8 Å². The van der Waals surface area contributed by atoms with Crippen molar-refractivity contribution >= 4 is 24.9 Å². The van der Waals surface area contributed by atoms with Gasteiger partial charge in [-0.2, -0.15) is 0 Å². The fourth-order valence-electron chi connectivity index (χ4n) is 2.13. The standard InChI is InChI=1S/C15H28ClO4P/c1-4-20-21(19,11-13(2)3)12-14(15(17)18)9-7-5-6-8-10-16/h9,13H,4-8,10-12H2,1-3H3,(H,17,18)/b14-9+. The van der Waals surface area contributed by atoms with E-state index in [2.05, 4.69) is 0 Å². The Hall–Kier alpha value is -0.310. The van der Waals surface area contributed by atoms with E-state index in [1.165, 1.54) is 0 Å². The molecule has 0 bridgehead atoms. The molecule has 0 aromatic rings. The number of alkyl halides is 1. The Balaban J connectivity index is 4.74. The summed E-state index contributed by atoms with van der Waals surface area (Å²) >= 11 is 5.60. The number of carbonyl (C=O) groups is 1. The van der Waals surface area contributed by atoms with Crippen LogP contribution in [0.25, 0.3) is 0 Å². The Kier molecular flexibility index (Phi) is 11.1. The fourth-order valence-corrected chi connectivity index (χ4v) is 5.01. The lowest BCUT2D eigenvalue weighted by atomic mass is 10.1. The van der Waals surface area contributed by atoms with Gasteiger partial charge in [-0.15, -0.1) is 11.6 Å². The molecular formula is C15H28ClO4P. The molecule has 6 heteroatoms. The smallest absolute Gasteiger partial charge is 0.331 e. The van der Waals surface area contributed by atoms with E-state index in [1.807, 2.05) is 13.8 Å². The third kappa shape index (κ3) is 10.1. The Morgan fingerprint density at radius 1 is 1.33 bits per heavy atom. The van der Waals surface area contributed by atoms with Gasteiger partial charge in [0.1, 0.15) is 0 Å². The average molecular weight is 339 g/mol. The number of aliphatic carboxylic acids is 1. The molecule has 0 aliphatic carbocycles. The number of carboxylic acids is 1. The average Bonchev–Trinajstić information content (AvgIpc) is 2.36. The van der Waals surface area contributed by atoms with Crippen molar-refractivity contribution in [2.24, 2.45) is 5.92 Å². The van der Waals surface area contributed by atoms with Gasteiger partial charge < -0.3 is 9.63 Å². The normalized spacial score (nSPS) is 15.2. The molecule has 4 nitrogen and oxygen atoms in total. The molecule has 0 amide bonds. The lowest BCUT2D eigenvalue weighted by molar-refractivity contribution is -0.132. The SMILES string of the molecule is CCOP(=O)(C/C(=C\CCCCCCl)C(=O)O)CC(C)C. The van der Waals surface area contributed by atoms with Crippen LogP contribution in [0.3, 0.4) is 0 Å². The van der Waals surface area contributed by atoms with E-state index in [4.69, 9.17) is 16.1 Å². The minimum atomic E-state index is -2.92. The molecule has 0 aliphatic rings. The number of halogens is 1. The monoisotopic (exact) mass is 338 g/mol. The molecule has 0 saturated carbocycles. The van der Waals surface area contributed by atoms with Crippen molar-refractivity contribution in [3.8, 4) is 0 Å². The summed E-state index contributed by atoms with van der Waals surface area (Å²) in [6, 6.07) is 0. The van der Waals surface area contributed by atoms with Crippen LogP contribution in [0.1, 0.15) is 46.5 Å². The first-order valence-electron chi connectivity index (χ1n) is 7.55. The first kappa shape index (κ1) is 20.7. The summed E-state index contributed by atoms with van der Waals surface area (Å²) in [5.41, 5.74) is 0.207. The van der Waals surface area contributed by atoms with Crippen LogP contribution in [0.2, 0.25) is 0 Å². The highest BCUT2D eigenvalue weighted by Gasteiger charge is 2.27. The quantitative estimate of drug-likeness (QED) is 0.241. The number of carboxylic acid groups (broad SMARTS) is 1. The molecule has 124 valence electrons. The van der Waals surface area contributed by atoms with E-state index in [9.17, 15) is 14.5 Å². The lowest BCUT2D eigenvalue weighted by Gasteiger charge is -2.20. The van der Waals surface area contributed by atoms with Crippen LogP contribution in [-0.2, 0) is 13.9 Å².